The summed E-state index contributed by atoms with van der Waals surface area (Å²) in [7, 11) is 1.60. The van der Waals surface area contributed by atoms with Crippen LogP contribution in [0.1, 0.15) is 17.4 Å². The van der Waals surface area contributed by atoms with E-state index in [1.54, 1.807) is 13.2 Å². The lowest BCUT2D eigenvalue weighted by molar-refractivity contribution is 0.0931. The van der Waals surface area contributed by atoms with Crippen molar-refractivity contribution < 1.29 is 9.53 Å². The first-order valence-corrected chi connectivity index (χ1v) is 7.32. The van der Waals surface area contributed by atoms with Crippen molar-refractivity contribution in [1.82, 2.24) is 20.4 Å². The van der Waals surface area contributed by atoms with Crippen LogP contribution in [-0.4, -0.2) is 74.0 Å². The van der Waals surface area contributed by atoms with E-state index in [4.69, 9.17) is 4.74 Å². The maximum absolute atomic E-state index is 11.8. The van der Waals surface area contributed by atoms with Gasteiger partial charge in [0.1, 0.15) is 0 Å². The SMILES string of the molecule is CCN1CCN(c2ccc(C(=O)NCCOC)nn2)CC1. The monoisotopic (exact) mass is 293 g/mol. The second-order valence-electron chi connectivity index (χ2n) is 4.95. The van der Waals surface area contributed by atoms with Crippen molar-refractivity contribution in [2.45, 2.75) is 6.92 Å². The topological polar surface area (TPSA) is 70.6 Å². The number of hydrogen-bond donors (Lipinski definition) is 1. The fraction of sp³-hybridized carbons (Fsp3) is 0.643. The highest BCUT2D eigenvalue weighted by atomic mass is 16.5. The fourth-order valence-electron chi connectivity index (χ4n) is 2.27. The molecular formula is C14H23N5O2. The van der Waals surface area contributed by atoms with Gasteiger partial charge >= 0.3 is 0 Å². The molecule has 0 saturated carbocycles. The molecule has 1 aliphatic heterocycles. The standard InChI is InChI=1S/C14H23N5O2/c1-3-18-7-9-19(10-8-18)13-5-4-12(16-17-13)14(20)15-6-11-21-2/h4-5H,3,6-11H2,1-2H3,(H,15,20). The van der Waals surface area contributed by atoms with Crippen LogP contribution in [0.3, 0.4) is 0 Å². The van der Waals surface area contributed by atoms with Crippen LogP contribution in [0.4, 0.5) is 5.82 Å². The van der Waals surface area contributed by atoms with Crippen LogP contribution in [0.5, 0.6) is 0 Å². The Hall–Kier alpha value is -1.73. The van der Waals surface area contributed by atoms with Crippen molar-refractivity contribution in [3.8, 4) is 0 Å². The van der Waals surface area contributed by atoms with Gasteiger partial charge in [0.15, 0.2) is 11.5 Å². The number of nitrogens with zero attached hydrogens (tertiary/aromatic N) is 4. The molecule has 1 amide bonds. The Morgan fingerprint density at radius 2 is 2.05 bits per heavy atom. The summed E-state index contributed by atoms with van der Waals surface area (Å²) < 4.78 is 4.88. The van der Waals surface area contributed by atoms with E-state index in [9.17, 15) is 4.79 Å². The summed E-state index contributed by atoms with van der Waals surface area (Å²) in [5.41, 5.74) is 0.335. The highest BCUT2D eigenvalue weighted by Gasteiger charge is 2.17. The zero-order valence-electron chi connectivity index (χ0n) is 12.7. The third-order valence-corrected chi connectivity index (χ3v) is 3.62. The van der Waals surface area contributed by atoms with E-state index >= 15 is 0 Å². The predicted molar refractivity (Wildman–Crippen MR) is 80.6 cm³/mol. The Morgan fingerprint density at radius 3 is 2.62 bits per heavy atom. The van der Waals surface area contributed by atoms with Gasteiger partial charge in [-0.15, -0.1) is 10.2 Å². The van der Waals surface area contributed by atoms with Crippen LogP contribution < -0.4 is 10.2 Å². The first kappa shape index (κ1) is 15.7. The van der Waals surface area contributed by atoms with E-state index < -0.39 is 0 Å². The number of anilines is 1. The van der Waals surface area contributed by atoms with Crippen molar-refractivity contribution in [2.75, 3.05) is 57.9 Å². The second-order valence-corrected chi connectivity index (χ2v) is 4.95. The summed E-state index contributed by atoms with van der Waals surface area (Å²) in [6.45, 7) is 8.18. The number of nitrogens with one attached hydrogen (secondary N) is 1. The molecule has 1 fully saturated rings. The molecule has 116 valence electrons. The van der Waals surface area contributed by atoms with Crippen molar-refractivity contribution in [2.24, 2.45) is 0 Å². The Kier molecular flexibility index (Phi) is 5.89. The predicted octanol–water partition coefficient (Wildman–Crippen LogP) is -0.00530. The lowest BCUT2D eigenvalue weighted by atomic mass is 10.3. The molecule has 0 aliphatic carbocycles. The summed E-state index contributed by atoms with van der Waals surface area (Å²) in [5.74, 6) is 0.612. The number of methoxy groups -OCH3 is 1. The Balaban J connectivity index is 1.88. The van der Waals surface area contributed by atoms with Gasteiger partial charge in [-0.1, -0.05) is 6.92 Å². The molecule has 0 aromatic carbocycles. The van der Waals surface area contributed by atoms with E-state index in [0.29, 0.717) is 18.8 Å². The number of piperazine rings is 1. The number of likely N-dealkylation sites (N-methyl/N-ethyl adjacent to an activating group) is 1. The van der Waals surface area contributed by atoms with E-state index in [1.807, 2.05) is 6.07 Å². The van der Waals surface area contributed by atoms with Crippen LogP contribution in [0.25, 0.3) is 0 Å². The zero-order valence-corrected chi connectivity index (χ0v) is 12.7. The molecule has 1 aromatic rings. The van der Waals surface area contributed by atoms with Crippen molar-refractivity contribution in [3.63, 3.8) is 0 Å². The van der Waals surface area contributed by atoms with Gasteiger partial charge in [-0.3, -0.25) is 4.79 Å². The average molecular weight is 293 g/mol. The lowest BCUT2D eigenvalue weighted by Crippen LogP contribution is -2.46. The van der Waals surface area contributed by atoms with Crippen LogP contribution >= 0.6 is 0 Å². The van der Waals surface area contributed by atoms with Crippen LogP contribution in [0.2, 0.25) is 0 Å². The highest BCUT2D eigenvalue weighted by molar-refractivity contribution is 5.92. The van der Waals surface area contributed by atoms with Gasteiger partial charge in [0, 0.05) is 39.8 Å². The Morgan fingerprint density at radius 1 is 1.29 bits per heavy atom. The lowest BCUT2D eigenvalue weighted by Gasteiger charge is -2.34. The van der Waals surface area contributed by atoms with Gasteiger partial charge < -0.3 is 19.9 Å². The second kappa shape index (κ2) is 7.90. The molecule has 1 N–H and O–H groups in total. The molecule has 0 bridgehead atoms. The smallest absolute Gasteiger partial charge is 0.271 e. The average Bonchev–Trinajstić information content (AvgIpc) is 2.55. The molecule has 7 heteroatoms. The molecule has 0 atom stereocenters. The highest BCUT2D eigenvalue weighted by Crippen LogP contribution is 2.12. The Labute approximate surface area is 125 Å². The molecular weight excluding hydrogens is 270 g/mol. The number of carbonyl (C=O) groups is 1. The van der Waals surface area contributed by atoms with Gasteiger partial charge in [-0.05, 0) is 18.7 Å². The van der Waals surface area contributed by atoms with Crippen molar-refractivity contribution in [3.05, 3.63) is 17.8 Å². The number of hydrogen-bond acceptors (Lipinski definition) is 6. The molecule has 2 heterocycles. The molecule has 21 heavy (non-hydrogen) atoms. The first-order chi connectivity index (χ1) is 10.2. The van der Waals surface area contributed by atoms with E-state index in [0.717, 1.165) is 38.5 Å². The fourth-order valence-corrected chi connectivity index (χ4v) is 2.27. The third kappa shape index (κ3) is 4.37. The minimum atomic E-state index is -0.220. The number of ether oxygens (including phenoxy) is 1. The maximum Gasteiger partial charge on any atom is 0.271 e. The molecule has 1 aromatic heterocycles. The maximum atomic E-state index is 11.8. The third-order valence-electron chi connectivity index (χ3n) is 3.62. The van der Waals surface area contributed by atoms with Gasteiger partial charge in [-0.25, -0.2) is 0 Å². The van der Waals surface area contributed by atoms with Gasteiger partial charge in [0.05, 0.1) is 6.61 Å². The molecule has 1 saturated heterocycles. The molecule has 1 aliphatic rings. The van der Waals surface area contributed by atoms with Crippen LogP contribution in [-0.2, 0) is 4.74 Å². The number of aromatic nitrogens is 2. The van der Waals surface area contributed by atoms with Crippen LogP contribution in [0.15, 0.2) is 12.1 Å². The van der Waals surface area contributed by atoms with Gasteiger partial charge in [-0.2, -0.15) is 0 Å². The summed E-state index contributed by atoms with van der Waals surface area (Å²) in [5, 5.41) is 10.9. The van der Waals surface area contributed by atoms with Crippen molar-refractivity contribution in [1.29, 1.82) is 0 Å². The van der Waals surface area contributed by atoms with Crippen LogP contribution in [0, 0.1) is 0 Å². The number of rotatable bonds is 6. The first-order valence-electron chi connectivity index (χ1n) is 7.32. The molecule has 0 radical (unpaired) electrons. The largest absolute Gasteiger partial charge is 0.383 e. The quantitative estimate of drug-likeness (QED) is 0.744. The van der Waals surface area contributed by atoms with Gasteiger partial charge in [0.2, 0.25) is 0 Å². The number of carbonyl (C=O) groups excluding carboxylic acids is 1. The van der Waals surface area contributed by atoms with Gasteiger partial charge in [0.25, 0.3) is 5.91 Å². The Bertz CT molecular complexity index is 443. The minimum Gasteiger partial charge on any atom is -0.383 e. The summed E-state index contributed by atoms with van der Waals surface area (Å²) in [6, 6.07) is 3.58. The molecule has 0 spiro atoms. The minimum absolute atomic E-state index is 0.220. The zero-order chi connectivity index (χ0) is 15.1. The van der Waals surface area contributed by atoms with E-state index in [1.165, 1.54) is 0 Å². The molecule has 7 nitrogen and oxygen atoms in total. The summed E-state index contributed by atoms with van der Waals surface area (Å²) >= 11 is 0. The number of amides is 1. The van der Waals surface area contributed by atoms with E-state index in [-0.39, 0.29) is 5.91 Å². The summed E-state index contributed by atoms with van der Waals surface area (Å²) in [4.78, 5) is 16.4. The van der Waals surface area contributed by atoms with Crippen molar-refractivity contribution >= 4 is 11.7 Å². The summed E-state index contributed by atoms with van der Waals surface area (Å²) in [6.07, 6.45) is 0. The van der Waals surface area contributed by atoms with E-state index in [2.05, 4.69) is 32.2 Å². The molecule has 0 unspecified atom stereocenters. The normalized spacial score (nSPS) is 16.0. The molecule has 2 rings (SSSR count).